The minimum atomic E-state index is -0.601. The van der Waals surface area contributed by atoms with E-state index < -0.39 is 17.1 Å². The van der Waals surface area contributed by atoms with E-state index in [0.29, 0.717) is 76.2 Å². The highest BCUT2D eigenvalue weighted by molar-refractivity contribution is 7.80. The first-order valence-electron chi connectivity index (χ1n) is 10.1. The maximum Gasteiger partial charge on any atom is 0.336 e. The Bertz CT molecular complexity index is 635. The third kappa shape index (κ3) is 9.65. The van der Waals surface area contributed by atoms with Gasteiger partial charge in [-0.15, -0.1) is 0 Å². The quantitative estimate of drug-likeness (QED) is 0.204. The van der Waals surface area contributed by atoms with Gasteiger partial charge in [0.05, 0.1) is 19.8 Å². The van der Waals surface area contributed by atoms with Crippen LogP contribution in [0.15, 0.2) is 14.4 Å². The largest absolute Gasteiger partial charge is 0.381 e. The van der Waals surface area contributed by atoms with E-state index >= 15 is 0 Å². The summed E-state index contributed by atoms with van der Waals surface area (Å²) in [5, 5.41) is 0. The van der Waals surface area contributed by atoms with E-state index in [-0.39, 0.29) is 19.6 Å². The smallest absolute Gasteiger partial charge is 0.336 e. The molecule has 1 rings (SSSR count). The molecule has 0 atom stereocenters. The lowest BCUT2D eigenvalue weighted by Gasteiger charge is -2.14. The average Bonchev–Trinajstić information content (AvgIpc) is 2.74. The van der Waals surface area contributed by atoms with Crippen molar-refractivity contribution < 1.29 is 14.2 Å². The molecule has 0 radical (unpaired) electrons. The summed E-state index contributed by atoms with van der Waals surface area (Å²) in [6.07, 6.45) is 1.45. The molecule has 0 fully saturated rings. The fourth-order valence-corrected chi connectivity index (χ4v) is 3.12. The van der Waals surface area contributed by atoms with Crippen molar-refractivity contribution in [3.8, 4) is 0 Å². The van der Waals surface area contributed by atoms with Crippen molar-refractivity contribution >= 4 is 37.9 Å². The molecule has 0 spiro atoms. The van der Waals surface area contributed by atoms with Crippen LogP contribution >= 0.6 is 37.9 Å². The van der Waals surface area contributed by atoms with Crippen molar-refractivity contribution in [3.63, 3.8) is 0 Å². The van der Waals surface area contributed by atoms with Gasteiger partial charge in [-0.05, 0) is 19.3 Å². The number of hydrogen-bond acceptors (Lipinski definition) is 9. The van der Waals surface area contributed by atoms with Crippen LogP contribution in [0.25, 0.3) is 0 Å². The van der Waals surface area contributed by atoms with E-state index in [9.17, 15) is 14.4 Å². The van der Waals surface area contributed by atoms with Gasteiger partial charge in [-0.1, -0.05) is 0 Å². The maximum absolute atomic E-state index is 12.8. The third-order valence-corrected chi connectivity index (χ3v) is 4.65. The van der Waals surface area contributed by atoms with Crippen LogP contribution in [0.4, 0.5) is 0 Å². The predicted molar refractivity (Wildman–Crippen MR) is 127 cm³/mol. The fourth-order valence-electron chi connectivity index (χ4n) is 2.73. The Labute approximate surface area is 192 Å². The van der Waals surface area contributed by atoms with Gasteiger partial charge in [-0.25, -0.2) is 28.1 Å². The van der Waals surface area contributed by atoms with Crippen LogP contribution in [0.2, 0.25) is 0 Å². The van der Waals surface area contributed by atoms with Crippen molar-refractivity contribution in [3.05, 3.63) is 31.5 Å². The van der Waals surface area contributed by atoms with Crippen LogP contribution in [0.5, 0.6) is 0 Å². The summed E-state index contributed by atoms with van der Waals surface area (Å²) in [5.74, 6) is 1.80. The van der Waals surface area contributed by atoms with E-state index in [1.807, 2.05) is 0 Å². The average molecular weight is 484 g/mol. The highest BCUT2D eigenvalue weighted by atomic mass is 32.1. The zero-order valence-electron chi connectivity index (χ0n) is 17.2. The lowest BCUT2D eigenvalue weighted by Crippen LogP contribution is -2.54. The molecule has 30 heavy (non-hydrogen) atoms. The van der Waals surface area contributed by atoms with Gasteiger partial charge >= 0.3 is 17.1 Å². The Balaban J connectivity index is 2.98. The van der Waals surface area contributed by atoms with Crippen LogP contribution in [-0.4, -0.2) is 70.6 Å². The molecular formula is C18H33N3O6S3. The van der Waals surface area contributed by atoms with Crippen molar-refractivity contribution in [1.82, 2.24) is 13.7 Å². The molecule has 0 aliphatic rings. The molecule has 0 amide bonds. The summed E-state index contributed by atoms with van der Waals surface area (Å²) in [7, 11) is 0. The lowest BCUT2D eigenvalue weighted by molar-refractivity contribution is 0.139. The summed E-state index contributed by atoms with van der Waals surface area (Å²) >= 11 is 12.2. The first kappa shape index (κ1) is 27.4. The van der Waals surface area contributed by atoms with Gasteiger partial charge < -0.3 is 14.2 Å². The molecule has 1 aromatic rings. The van der Waals surface area contributed by atoms with E-state index in [0.717, 1.165) is 13.7 Å². The zero-order valence-corrected chi connectivity index (χ0v) is 19.9. The number of hydrogen-bond donors (Lipinski definition) is 3. The van der Waals surface area contributed by atoms with E-state index in [2.05, 4.69) is 37.9 Å². The first-order valence-corrected chi connectivity index (χ1v) is 12.0. The Hall–Kier alpha value is -0.660. The molecule has 0 unspecified atom stereocenters. The molecule has 1 heterocycles. The van der Waals surface area contributed by atoms with Crippen LogP contribution in [-0.2, 0) is 33.8 Å². The van der Waals surface area contributed by atoms with Crippen molar-refractivity contribution in [2.45, 2.75) is 38.9 Å². The normalized spacial score (nSPS) is 11.3. The van der Waals surface area contributed by atoms with Crippen LogP contribution in [0, 0.1) is 0 Å². The van der Waals surface area contributed by atoms with Gasteiger partial charge in [0, 0.05) is 56.7 Å². The second-order valence-electron chi connectivity index (χ2n) is 6.37. The highest BCUT2D eigenvalue weighted by Crippen LogP contribution is 1.91. The molecule has 0 aliphatic carbocycles. The second-order valence-corrected chi connectivity index (χ2v) is 7.71. The molecule has 12 heteroatoms. The topological polar surface area (TPSA) is 93.7 Å². The summed E-state index contributed by atoms with van der Waals surface area (Å²) in [4.78, 5) is 38.4. The van der Waals surface area contributed by atoms with Gasteiger partial charge in [-0.2, -0.15) is 37.9 Å². The Morgan fingerprint density at radius 2 is 0.767 bits per heavy atom. The zero-order chi connectivity index (χ0) is 22.2. The van der Waals surface area contributed by atoms with Crippen LogP contribution < -0.4 is 17.1 Å². The first-order chi connectivity index (χ1) is 14.6. The number of ether oxygens (including phenoxy) is 3. The van der Waals surface area contributed by atoms with Crippen molar-refractivity contribution in [2.75, 3.05) is 56.9 Å². The molecule has 0 saturated heterocycles. The Kier molecular flexibility index (Phi) is 15.5. The second kappa shape index (κ2) is 17.0. The Morgan fingerprint density at radius 1 is 0.500 bits per heavy atom. The molecular weight excluding hydrogens is 450 g/mol. The third-order valence-electron chi connectivity index (χ3n) is 4.10. The standard InChI is InChI=1S/C18H33N3O6S3/c22-16-19(4-1-7-25-10-13-28)17(23)21(6-3-9-27-12-15-30)18(24)20(16)5-2-8-26-11-14-29/h28-30H,1-15H2. The molecule has 0 bridgehead atoms. The van der Waals surface area contributed by atoms with Gasteiger partial charge in [0.25, 0.3) is 0 Å². The Morgan fingerprint density at radius 3 is 1.00 bits per heavy atom. The summed E-state index contributed by atoms with van der Waals surface area (Å²) in [6, 6.07) is 0. The number of nitrogens with zero attached hydrogens (tertiary/aromatic N) is 3. The fraction of sp³-hybridized carbons (Fsp3) is 0.833. The minimum Gasteiger partial charge on any atom is -0.381 e. The SMILES string of the molecule is O=c1n(CCCOCCS)c(=O)n(CCCOCCS)c(=O)n1CCCOCCS. The monoisotopic (exact) mass is 483 g/mol. The molecule has 0 aliphatic heterocycles. The molecule has 174 valence electrons. The van der Waals surface area contributed by atoms with Crippen molar-refractivity contribution in [2.24, 2.45) is 0 Å². The van der Waals surface area contributed by atoms with E-state index in [4.69, 9.17) is 14.2 Å². The minimum absolute atomic E-state index is 0.177. The van der Waals surface area contributed by atoms with Gasteiger partial charge in [0.15, 0.2) is 0 Å². The molecule has 9 nitrogen and oxygen atoms in total. The maximum atomic E-state index is 12.8. The predicted octanol–water partition coefficient (Wildman–Crippen LogP) is 0.181. The van der Waals surface area contributed by atoms with Gasteiger partial charge in [-0.3, -0.25) is 0 Å². The van der Waals surface area contributed by atoms with E-state index in [1.54, 1.807) is 0 Å². The number of rotatable bonds is 18. The van der Waals surface area contributed by atoms with Gasteiger partial charge in [0.1, 0.15) is 0 Å². The summed E-state index contributed by atoms with van der Waals surface area (Å²) in [5.41, 5.74) is -1.80. The molecule has 0 saturated carbocycles. The van der Waals surface area contributed by atoms with Crippen LogP contribution in [0.3, 0.4) is 0 Å². The summed E-state index contributed by atoms with van der Waals surface area (Å²) in [6.45, 7) is 3.24. The molecule has 0 aromatic carbocycles. The number of thiol groups is 3. The number of aromatic nitrogens is 3. The van der Waals surface area contributed by atoms with Crippen molar-refractivity contribution in [1.29, 1.82) is 0 Å². The van der Waals surface area contributed by atoms with Gasteiger partial charge in [0.2, 0.25) is 0 Å². The lowest BCUT2D eigenvalue weighted by atomic mass is 10.4. The molecule has 0 N–H and O–H groups in total. The summed E-state index contributed by atoms with van der Waals surface area (Å²) < 4.78 is 19.4. The highest BCUT2D eigenvalue weighted by Gasteiger charge is 2.15. The van der Waals surface area contributed by atoms with E-state index in [1.165, 1.54) is 0 Å². The van der Waals surface area contributed by atoms with Crippen LogP contribution in [0.1, 0.15) is 19.3 Å². The molecule has 1 aromatic heterocycles.